The molecule has 2 aliphatic rings. The van der Waals surface area contributed by atoms with Gasteiger partial charge in [0.15, 0.2) is 0 Å². The van der Waals surface area contributed by atoms with Gasteiger partial charge in [-0.2, -0.15) is 0 Å². The number of nitrogens with zero attached hydrogens (tertiary/aromatic N) is 3. The highest BCUT2D eigenvalue weighted by Crippen LogP contribution is 2.34. The number of benzene rings is 2. The van der Waals surface area contributed by atoms with Crippen molar-refractivity contribution in [3.05, 3.63) is 71.4 Å². The zero-order chi connectivity index (χ0) is 28.6. The Bertz CT molecular complexity index is 1230. The van der Waals surface area contributed by atoms with E-state index < -0.39 is 12.0 Å². The second-order valence-corrected chi connectivity index (χ2v) is 10.3. The van der Waals surface area contributed by atoms with Crippen LogP contribution in [-0.4, -0.2) is 78.5 Å². The van der Waals surface area contributed by atoms with E-state index in [4.69, 9.17) is 9.47 Å². The minimum atomic E-state index is -0.699. The Balaban J connectivity index is 1.68. The Morgan fingerprint density at radius 3 is 2.42 bits per heavy atom. The van der Waals surface area contributed by atoms with E-state index in [9.17, 15) is 14.4 Å². The molecule has 214 valence electrons. The van der Waals surface area contributed by atoms with Crippen LogP contribution in [-0.2, 0) is 14.3 Å². The lowest BCUT2D eigenvalue weighted by Gasteiger charge is -2.38. The molecular formula is C31H40N4O5. The van der Waals surface area contributed by atoms with Crippen LogP contribution in [0.4, 0.5) is 4.79 Å². The molecule has 2 heterocycles. The van der Waals surface area contributed by atoms with Gasteiger partial charge in [-0.15, -0.1) is 0 Å². The molecule has 1 unspecified atom stereocenters. The lowest BCUT2D eigenvalue weighted by molar-refractivity contribution is -0.139. The molecule has 0 spiro atoms. The second-order valence-electron chi connectivity index (χ2n) is 10.3. The van der Waals surface area contributed by atoms with Gasteiger partial charge in [-0.05, 0) is 50.1 Å². The fourth-order valence-corrected chi connectivity index (χ4v) is 5.22. The van der Waals surface area contributed by atoms with Crippen LogP contribution in [0.5, 0.6) is 11.5 Å². The molecule has 2 aromatic rings. The van der Waals surface area contributed by atoms with Gasteiger partial charge in [-0.3, -0.25) is 14.6 Å². The molecule has 9 nitrogen and oxygen atoms in total. The molecule has 1 fully saturated rings. The second kappa shape index (κ2) is 13.5. The minimum absolute atomic E-state index is 0.0512. The van der Waals surface area contributed by atoms with Gasteiger partial charge in [0.2, 0.25) is 5.91 Å². The molecule has 0 aromatic heterocycles. The van der Waals surface area contributed by atoms with E-state index in [0.29, 0.717) is 55.5 Å². The lowest BCUT2D eigenvalue weighted by atomic mass is 9.94. The summed E-state index contributed by atoms with van der Waals surface area (Å²) in [6, 6.07) is 15.9. The van der Waals surface area contributed by atoms with Crippen molar-refractivity contribution in [2.75, 3.05) is 45.9 Å². The molecule has 0 saturated carbocycles. The number of likely N-dealkylation sites (N-methyl/N-ethyl adjacent to an activating group) is 1. The van der Waals surface area contributed by atoms with E-state index in [1.807, 2.05) is 80.3 Å². The molecule has 3 amide bonds. The van der Waals surface area contributed by atoms with Gasteiger partial charge in [-0.1, -0.05) is 44.2 Å². The minimum Gasteiger partial charge on any atom is -0.463 e. The highest BCUT2D eigenvalue weighted by atomic mass is 16.5. The highest BCUT2D eigenvalue weighted by Gasteiger charge is 2.38. The van der Waals surface area contributed by atoms with Crippen molar-refractivity contribution in [3.63, 3.8) is 0 Å². The van der Waals surface area contributed by atoms with Gasteiger partial charge in [0, 0.05) is 50.9 Å². The van der Waals surface area contributed by atoms with Crippen molar-refractivity contribution in [1.82, 2.24) is 20.0 Å². The van der Waals surface area contributed by atoms with Crippen LogP contribution in [0.2, 0.25) is 0 Å². The van der Waals surface area contributed by atoms with Crippen molar-refractivity contribution < 1.29 is 23.9 Å². The summed E-state index contributed by atoms with van der Waals surface area (Å²) in [5, 5.41) is 3.03. The first-order valence-electron chi connectivity index (χ1n) is 14.1. The normalized spacial score (nSPS) is 18.4. The summed E-state index contributed by atoms with van der Waals surface area (Å²) >= 11 is 0. The SMILES string of the molecule is CCOC(=O)C1=C(CN2CCCN(C(=O)C(C)C)CC2)N(CC)C(=O)NC1c1cccc(Oc2ccccc2)c1. The molecule has 1 atom stereocenters. The fourth-order valence-electron chi connectivity index (χ4n) is 5.22. The number of ether oxygens (including phenoxy) is 2. The number of para-hydroxylation sites is 1. The van der Waals surface area contributed by atoms with Crippen LogP contribution in [0.1, 0.15) is 45.7 Å². The number of hydrogen-bond donors (Lipinski definition) is 1. The molecule has 1 saturated heterocycles. The smallest absolute Gasteiger partial charge is 0.338 e. The number of nitrogens with one attached hydrogen (secondary N) is 1. The Morgan fingerprint density at radius 1 is 0.975 bits per heavy atom. The van der Waals surface area contributed by atoms with Crippen molar-refractivity contribution in [2.24, 2.45) is 5.92 Å². The van der Waals surface area contributed by atoms with E-state index >= 15 is 0 Å². The molecule has 0 aliphatic carbocycles. The number of rotatable bonds is 9. The predicted molar refractivity (Wildman–Crippen MR) is 153 cm³/mol. The average molecular weight is 549 g/mol. The molecule has 1 N–H and O–H groups in total. The van der Waals surface area contributed by atoms with Crippen molar-refractivity contribution in [2.45, 2.75) is 40.2 Å². The molecule has 9 heteroatoms. The van der Waals surface area contributed by atoms with E-state index in [0.717, 1.165) is 18.5 Å². The summed E-state index contributed by atoms with van der Waals surface area (Å²) < 4.78 is 11.6. The number of carbonyl (C=O) groups excluding carboxylic acids is 3. The summed E-state index contributed by atoms with van der Waals surface area (Å²) in [7, 11) is 0. The summed E-state index contributed by atoms with van der Waals surface area (Å²) in [6.07, 6.45) is 0.821. The largest absolute Gasteiger partial charge is 0.463 e. The average Bonchev–Trinajstić information content (AvgIpc) is 3.18. The standard InChI is InChI=1S/C31H40N4O5/c1-5-35-26(21-33-16-11-17-34(19-18-33)29(36)22(3)4)27(30(37)39-6-2)28(32-31(35)38)23-12-10-15-25(20-23)40-24-13-8-7-9-14-24/h7-10,12-15,20,22,28H,5-6,11,16-19,21H2,1-4H3,(H,32,38). The van der Waals surface area contributed by atoms with Gasteiger partial charge >= 0.3 is 12.0 Å². The third kappa shape index (κ3) is 6.83. The van der Waals surface area contributed by atoms with Crippen molar-refractivity contribution in [3.8, 4) is 11.5 Å². The van der Waals surface area contributed by atoms with E-state index in [1.54, 1.807) is 11.8 Å². The summed E-state index contributed by atoms with van der Waals surface area (Å²) in [6.45, 7) is 11.2. The van der Waals surface area contributed by atoms with Crippen LogP contribution in [0.15, 0.2) is 65.9 Å². The van der Waals surface area contributed by atoms with Gasteiger partial charge in [0.05, 0.1) is 18.2 Å². The third-order valence-corrected chi connectivity index (χ3v) is 7.19. The Kier molecular flexibility index (Phi) is 9.82. The molecule has 2 aliphatic heterocycles. The van der Waals surface area contributed by atoms with Gasteiger partial charge < -0.3 is 19.7 Å². The zero-order valence-electron chi connectivity index (χ0n) is 23.9. The maximum Gasteiger partial charge on any atom is 0.338 e. The summed E-state index contributed by atoms with van der Waals surface area (Å²) in [5.74, 6) is 0.935. The first kappa shape index (κ1) is 29.1. The van der Waals surface area contributed by atoms with Gasteiger partial charge in [0.1, 0.15) is 11.5 Å². The fraction of sp³-hybridized carbons (Fsp3) is 0.452. The highest BCUT2D eigenvalue weighted by molar-refractivity contribution is 5.95. The topological polar surface area (TPSA) is 91.4 Å². The molecular weight excluding hydrogens is 508 g/mol. The van der Waals surface area contributed by atoms with E-state index in [-0.39, 0.29) is 24.5 Å². The van der Waals surface area contributed by atoms with Crippen molar-refractivity contribution in [1.29, 1.82) is 0 Å². The van der Waals surface area contributed by atoms with Crippen LogP contribution in [0.25, 0.3) is 0 Å². The molecule has 40 heavy (non-hydrogen) atoms. The molecule has 0 bridgehead atoms. The quantitative estimate of drug-likeness (QED) is 0.462. The van der Waals surface area contributed by atoms with Crippen LogP contribution in [0.3, 0.4) is 0 Å². The Morgan fingerprint density at radius 2 is 1.73 bits per heavy atom. The molecule has 2 aromatic carbocycles. The van der Waals surface area contributed by atoms with E-state index in [2.05, 4.69) is 10.2 Å². The number of urea groups is 1. The monoisotopic (exact) mass is 548 g/mol. The van der Waals surface area contributed by atoms with Crippen LogP contribution < -0.4 is 10.1 Å². The number of carbonyl (C=O) groups is 3. The predicted octanol–water partition coefficient (Wildman–Crippen LogP) is 4.57. The van der Waals surface area contributed by atoms with Gasteiger partial charge in [0.25, 0.3) is 0 Å². The maximum atomic E-state index is 13.5. The number of esters is 1. The summed E-state index contributed by atoms with van der Waals surface area (Å²) in [5.41, 5.74) is 1.77. The number of hydrogen-bond acceptors (Lipinski definition) is 6. The van der Waals surface area contributed by atoms with Crippen LogP contribution >= 0.6 is 0 Å². The molecule has 4 rings (SSSR count). The van der Waals surface area contributed by atoms with Crippen molar-refractivity contribution >= 4 is 17.9 Å². The number of amides is 3. The first-order valence-corrected chi connectivity index (χ1v) is 14.1. The van der Waals surface area contributed by atoms with E-state index in [1.165, 1.54) is 0 Å². The summed E-state index contributed by atoms with van der Waals surface area (Å²) in [4.78, 5) is 45.2. The Labute approximate surface area is 236 Å². The first-order chi connectivity index (χ1) is 19.3. The van der Waals surface area contributed by atoms with Crippen LogP contribution in [0, 0.1) is 5.92 Å². The zero-order valence-corrected chi connectivity index (χ0v) is 23.9. The van der Waals surface area contributed by atoms with Gasteiger partial charge in [-0.25, -0.2) is 9.59 Å². The maximum absolute atomic E-state index is 13.5. The lowest BCUT2D eigenvalue weighted by Crippen LogP contribution is -2.51. The Hall–Kier alpha value is -3.85. The third-order valence-electron chi connectivity index (χ3n) is 7.19. The molecule has 0 radical (unpaired) electrons.